The molecule has 278 valence electrons. The lowest BCUT2D eigenvalue weighted by molar-refractivity contribution is 0.660. The second kappa shape index (κ2) is 11.9. The molecule has 0 aliphatic heterocycles. The van der Waals surface area contributed by atoms with Gasteiger partial charge in [0.2, 0.25) is 5.43 Å². The van der Waals surface area contributed by atoms with Crippen LogP contribution in [0.5, 0.6) is 0 Å². The third-order valence-corrected chi connectivity index (χ3v) is 15.0. The van der Waals surface area contributed by atoms with Gasteiger partial charge in [-0.25, -0.2) is 0 Å². The summed E-state index contributed by atoms with van der Waals surface area (Å²) in [5.41, 5.74) is 11.9. The molecule has 0 radical (unpaired) electrons. The Bertz CT molecular complexity index is 4220. The molecule has 14 rings (SSSR count). The standard InChI is InChI=1S/C55H29NO2S2/c57-55-40-7-2-4-11-48(40)58-49-19-13-30(28-45(49)55)31-14-20-50-41(24-31)42-25-32(15-21-51(42)59-50)33-16-22-52-43(26-33)44-27-34(17-23-53(44)60-52)35-12-18-37-39-9-5-8-38-36-6-1-3-10-46(36)56(54(38)39)47(37)29-35/h1-29H. The number of hydrogen-bond acceptors (Lipinski definition) is 4. The first-order valence-corrected chi connectivity index (χ1v) is 21.8. The van der Waals surface area contributed by atoms with Gasteiger partial charge in [0.25, 0.3) is 0 Å². The highest BCUT2D eigenvalue weighted by Gasteiger charge is 2.18. The lowest BCUT2D eigenvalue weighted by Crippen LogP contribution is -2.01. The summed E-state index contributed by atoms with van der Waals surface area (Å²) in [6.07, 6.45) is 0. The van der Waals surface area contributed by atoms with Crippen LogP contribution in [0.25, 0.3) is 134 Å². The second-order valence-electron chi connectivity index (χ2n) is 16.0. The molecule has 5 aromatic heterocycles. The zero-order chi connectivity index (χ0) is 39.2. The summed E-state index contributed by atoms with van der Waals surface area (Å²) in [5.74, 6) is 0. The van der Waals surface area contributed by atoms with Gasteiger partial charge in [-0.3, -0.25) is 4.79 Å². The summed E-state index contributed by atoms with van der Waals surface area (Å²) in [6.45, 7) is 0. The normalized spacial score (nSPS) is 12.4. The van der Waals surface area contributed by atoms with Crippen molar-refractivity contribution in [3.8, 4) is 33.4 Å². The van der Waals surface area contributed by atoms with Gasteiger partial charge < -0.3 is 8.82 Å². The van der Waals surface area contributed by atoms with Crippen LogP contribution in [-0.2, 0) is 0 Å². The first-order chi connectivity index (χ1) is 29.6. The van der Waals surface area contributed by atoms with E-state index in [4.69, 9.17) is 4.42 Å². The molecule has 0 N–H and O–H groups in total. The van der Waals surface area contributed by atoms with Crippen LogP contribution in [0.1, 0.15) is 0 Å². The molecule has 3 nitrogen and oxygen atoms in total. The SMILES string of the molecule is O=c1c2ccccc2oc2ccc(-c3ccc4sc5ccc(-c6ccc7sc8ccc(-c9ccc%10c%11cccc%12c%13ccccc%13n(c%10c9)c%12%11)cc8c7c6)cc5c4c3)cc12. The Balaban J connectivity index is 0.872. The summed E-state index contributed by atoms with van der Waals surface area (Å²) >= 11 is 3.68. The molecule has 0 aliphatic carbocycles. The minimum atomic E-state index is -0.00164. The number of nitrogens with zero attached hydrogens (tertiary/aromatic N) is 1. The average Bonchev–Trinajstić information content (AvgIpc) is 4.05. The summed E-state index contributed by atoms with van der Waals surface area (Å²) in [6, 6.07) is 63.3. The van der Waals surface area contributed by atoms with Crippen molar-refractivity contribution < 1.29 is 4.42 Å². The van der Waals surface area contributed by atoms with E-state index in [0.717, 1.165) is 11.1 Å². The fraction of sp³-hybridized carbons (Fsp3) is 0. The molecular weight excluding hydrogens is 771 g/mol. The molecule has 5 heterocycles. The number of benzene rings is 9. The van der Waals surface area contributed by atoms with Crippen molar-refractivity contribution in [2.75, 3.05) is 0 Å². The van der Waals surface area contributed by atoms with Crippen LogP contribution in [0.15, 0.2) is 185 Å². The molecule has 0 fully saturated rings. The molecule has 0 saturated carbocycles. The molecule has 5 heteroatoms. The van der Waals surface area contributed by atoms with Crippen LogP contribution in [0.4, 0.5) is 0 Å². The van der Waals surface area contributed by atoms with Crippen LogP contribution in [0.3, 0.4) is 0 Å². The van der Waals surface area contributed by atoms with Gasteiger partial charge in [0.15, 0.2) is 0 Å². The number of rotatable bonds is 3. The van der Waals surface area contributed by atoms with Crippen molar-refractivity contribution in [1.29, 1.82) is 0 Å². The maximum Gasteiger partial charge on any atom is 0.200 e. The molecule has 0 saturated heterocycles. The van der Waals surface area contributed by atoms with Crippen molar-refractivity contribution in [2.24, 2.45) is 0 Å². The summed E-state index contributed by atoms with van der Waals surface area (Å²) < 4.78 is 13.7. The molecule has 9 aromatic carbocycles. The van der Waals surface area contributed by atoms with Gasteiger partial charge in [0.05, 0.1) is 27.3 Å². The fourth-order valence-electron chi connectivity index (χ4n) is 9.87. The van der Waals surface area contributed by atoms with Gasteiger partial charge in [0, 0.05) is 61.9 Å². The Morgan fingerprint density at radius 2 is 0.767 bits per heavy atom. The van der Waals surface area contributed by atoms with Crippen LogP contribution in [0.2, 0.25) is 0 Å². The lowest BCUT2D eigenvalue weighted by atomic mass is 9.98. The van der Waals surface area contributed by atoms with Crippen molar-refractivity contribution in [3.63, 3.8) is 0 Å². The van der Waals surface area contributed by atoms with E-state index in [2.05, 4.69) is 144 Å². The van der Waals surface area contributed by atoms with Crippen molar-refractivity contribution in [3.05, 3.63) is 186 Å². The van der Waals surface area contributed by atoms with Crippen molar-refractivity contribution in [1.82, 2.24) is 4.40 Å². The number of aromatic nitrogens is 1. The Morgan fingerprint density at radius 1 is 0.333 bits per heavy atom. The smallest absolute Gasteiger partial charge is 0.200 e. The number of thiophene rings is 2. The largest absolute Gasteiger partial charge is 0.456 e. The van der Waals surface area contributed by atoms with E-state index in [1.807, 2.05) is 59.1 Å². The summed E-state index contributed by atoms with van der Waals surface area (Å²) in [5, 5.41) is 11.4. The van der Waals surface area contributed by atoms with E-state index >= 15 is 0 Å². The second-order valence-corrected chi connectivity index (χ2v) is 18.1. The number of fused-ring (bicyclic) bond motifs is 14. The van der Waals surface area contributed by atoms with Crippen LogP contribution in [0, 0.1) is 0 Å². The Hall–Kier alpha value is -7.31. The van der Waals surface area contributed by atoms with E-state index in [-0.39, 0.29) is 5.43 Å². The highest BCUT2D eigenvalue weighted by atomic mass is 32.1. The van der Waals surface area contributed by atoms with Crippen LogP contribution >= 0.6 is 22.7 Å². The molecule has 0 unspecified atom stereocenters. The number of hydrogen-bond donors (Lipinski definition) is 0. The highest BCUT2D eigenvalue weighted by molar-refractivity contribution is 7.26. The first kappa shape index (κ1) is 32.6. The molecule has 60 heavy (non-hydrogen) atoms. The van der Waals surface area contributed by atoms with Gasteiger partial charge in [0.1, 0.15) is 11.2 Å². The monoisotopic (exact) mass is 799 g/mol. The molecular formula is C55H29NO2S2. The van der Waals surface area contributed by atoms with E-state index in [1.165, 1.54) is 101 Å². The zero-order valence-electron chi connectivity index (χ0n) is 31.8. The lowest BCUT2D eigenvalue weighted by Gasteiger charge is -2.07. The van der Waals surface area contributed by atoms with E-state index in [9.17, 15) is 4.79 Å². The Morgan fingerprint density at radius 3 is 1.37 bits per heavy atom. The highest BCUT2D eigenvalue weighted by Crippen LogP contribution is 2.44. The third kappa shape index (κ3) is 4.50. The summed E-state index contributed by atoms with van der Waals surface area (Å²) in [4.78, 5) is 13.5. The Labute approximate surface area is 349 Å². The fourth-order valence-corrected chi connectivity index (χ4v) is 12.0. The van der Waals surface area contributed by atoms with Gasteiger partial charge >= 0.3 is 0 Å². The minimum Gasteiger partial charge on any atom is -0.456 e. The van der Waals surface area contributed by atoms with Gasteiger partial charge in [-0.15, -0.1) is 22.7 Å². The van der Waals surface area contributed by atoms with Gasteiger partial charge in [-0.1, -0.05) is 91.0 Å². The maximum atomic E-state index is 13.5. The molecule has 0 aliphatic rings. The quantitative estimate of drug-likeness (QED) is 0.167. The molecule has 0 bridgehead atoms. The molecule has 0 spiro atoms. The predicted molar refractivity (Wildman–Crippen MR) is 257 cm³/mol. The predicted octanol–water partition coefficient (Wildman–Crippen LogP) is 15.8. The van der Waals surface area contributed by atoms with E-state index in [0.29, 0.717) is 21.9 Å². The van der Waals surface area contributed by atoms with Crippen LogP contribution < -0.4 is 5.43 Å². The van der Waals surface area contributed by atoms with Crippen molar-refractivity contribution >= 4 is 123 Å². The molecule has 0 amide bonds. The minimum absolute atomic E-state index is 0.00164. The van der Waals surface area contributed by atoms with Gasteiger partial charge in [-0.2, -0.15) is 0 Å². The third-order valence-electron chi connectivity index (χ3n) is 12.7. The van der Waals surface area contributed by atoms with E-state index in [1.54, 1.807) is 0 Å². The molecule has 14 aromatic rings. The average molecular weight is 800 g/mol. The Kier molecular flexibility index (Phi) is 6.47. The summed E-state index contributed by atoms with van der Waals surface area (Å²) in [7, 11) is 0. The first-order valence-electron chi connectivity index (χ1n) is 20.2. The maximum absolute atomic E-state index is 13.5. The van der Waals surface area contributed by atoms with Crippen molar-refractivity contribution in [2.45, 2.75) is 0 Å². The van der Waals surface area contributed by atoms with Gasteiger partial charge in [-0.05, 0) is 118 Å². The van der Waals surface area contributed by atoms with Crippen LogP contribution in [-0.4, -0.2) is 4.40 Å². The zero-order valence-corrected chi connectivity index (χ0v) is 33.5. The topological polar surface area (TPSA) is 34.6 Å². The van der Waals surface area contributed by atoms with E-state index < -0.39 is 0 Å². The molecule has 0 atom stereocenters. The number of para-hydroxylation sites is 3.